The lowest BCUT2D eigenvalue weighted by molar-refractivity contribution is -0.226. The second-order valence-electron chi connectivity index (χ2n) is 15.6. The van der Waals surface area contributed by atoms with Gasteiger partial charge in [-0.3, -0.25) is 0 Å². The molecular formula is C32H49F3O3S. The lowest BCUT2D eigenvalue weighted by Gasteiger charge is -2.72. The quantitative estimate of drug-likeness (QED) is 0.192. The Labute approximate surface area is 234 Å². The third-order valence-corrected chi connectivity index (χ3v) is 14.8. The summed E-state index contributed by atoms with van der Waals surface area (Å²) in [6.45, 7) is 20.4. The zero-order chi connectivity index (χ0) is 29.0. The normalized spacial score (nSPS) is 47.4. The van der Waals surface area contributed by atoms with E-state index in [1.54, 1.807) is 6.08 Å². The average Bonchev–Trinajstić information content (AvgIpc) is 3.21. The summed E-state index contributed by atoms with van der Waals surface area (Å²) >= 11 is 0. The van der Waals surface area contributed by atoms with E-state index in [2.05, 4.69) is 47.3 Å². The smallest absolute Gasteiger partial charge is 0.380 e. The first-order valence-corrected chi connectivity index (χ1v) is 16.6. The Kier molecular flexibility index (Phi) is 6.63. The van der Waals surface area contributed by atoms with E-state index in [-0.39, 0.29) is 33.3 Å². The van der Waals surface area contributed by atoms with Crippen LogP contribution in [0, 0.1) is 62.6 Å². The maximum atomic E-state index is 13.2. The molecule has 0 N–H and O–H groups in total. The minimum Gasteiger partial charge on any atom is -0.380 e. The van der Waals surface area contributed by atoms with Gasteiger partial charge in [0, 0.05) is 5.41 Å². The molecule has 0 aromatic heterocycles. The van der Waals surface area contributed by atoms with Gasteiger partial charge in [0.05, 0.1) is 0 Å². The molecule has 4 fully saturated rings. The molecule has 0 saturated heterocycles. The van der Waals surface area contributed by atoms with Crippen molar-refractivity contribution >= 4 is 10.1 Å². The zero-order valence-electron chi connectivity index (χ0n) is 25.0. The van der Waals surface area contributed by atoms with Crippen LogP contribution in [0.1, 0.15) is 106 Å². The fourth-order valence-corrected chi connectivity index (χ4v) is 12.3. The number of halogens is 3. The van der Waals surface area contributed by atoms with Crippen molar-refractivity contribution in [2.75, 3.05) is 0 Å². The Morgan fingerprint density at radius 3 is 2.21 bits per heavy atom. The molecule has 3 nitrogen and oxygen atoms in total. The summed E-state index contributed by atoms with van der Waals surface area (Å²) in [4.78, 5) is 0. The lowest BCUT2D eigenvalue weighted by Crippen LogP contribution is -2.65. The third-order valence-electron chi connectivity index (χ3n) is 13.8. The van der Waals surface area contributed by atoms with Crippen LogP contribution < -0.4 is 0 Å². The van der Waals surface area contributed by atoms with Crippen molar-refractivity contribution in [1.82, 2.24) is 0 Å². The summed E-state index contributed by atoms with van der Waals surface area (Å²) in [5, 5.41) is 0. The first-order chi connectivity index (χ1) is 17.8. The highest BCUT2D eigenvalue weighted by Gasteiger charge is 2.70. The van der Waals surface area contributed by atoms with Gasteiger partial charge in [-0.25, -0.2) is 0 Å². The number of allylic oxidation sites excluding steroid dienone is 3. The summed E-state index contributed by atoms with van der Waals surface area (Å²) in [6, 6.07) is 0. The van der Waals surface area contributed by atoms with Crippen molar-refractivity contribution < 1.29 is 25.8 Å². The number of hydrogen-bond donors (Lipinski definition) is 0. The largest absolute Gasteiger partial charge is 0.534 e. The standard InChI is InChI=1S/C32H49F3O3S/c1-9-31-17-12-21(20(2)3)26(31)22-10-11-24-28(6)15-14-25(38-39(36,37)32(33,34)35)27(4,5)23(28)13-16-30(24,8)29(22,7)18-19-31/h9,14,20-24,26H,1,10-13,15-19H2,2-8H3/t21-,22+,23-,24+,26?,28-,29+,30+,31+/m0/s1. The van der Waals surface area contributed by atoms with E-state index in [4.69, 9.17) is 4.18 Å². The van der Waals surface area contributed by atoms with Crippen molar-refractivity contribution in [2.24, 2.45) is 62.6 Å². The van der Waals surface area contributed by atoms with Crippen molar-refractivity contribution in [3.8, 4) is 0 Å². The minimum atomic E-state index is -5.69. The zero-order valence-corrected chi connectivity index (χ0v) is 25.8. The Morgan fingerprint density at radius 1 is 0.949 bits per heavy atom. The summed E-state index contributed by atoms with van der Waals surface area (Å²) in [6.07, 6.45) is 13.7. The van der Waals surface area contributed by atoms with Gasteiger partial charge in [-0.15, -0.1) is 6.58 Å². The van der Waals surface area contributed by atoms with Crippen molar-refractivity contribution in [3.05, 3.63) is 24.5 Å². The van der Waals surface area contributed by atoms with E-state index in [0.29, 0.717) is 30.1 Å². The fraction of sp³-hybridized carbons (Fsp3) is 0.875. The van der Waals surface area contributed by atoms with E-state index in [0.717, 1.165) is 25.2 Å². The van der Waals surface area contributed by atoms with Crippen molar-refractivity contribution in [1.29, 1.82) is 0 Å². The van der Waals surface area contributed by atoms with Gasteiger partial charge in [-0.2, -0.15) is 21.6 Å². The molecular weight excluding hydrogens is 521 g/mol. The van der Waals surface area contributed by atoms with Crippen LogP contribution in [0.5, 0.6) is 0 Å². The van der Waals surface area contributed by atoms with Gasteiger partial charge in [0.1, 0.15) is 5.76 Å². The van der Waals surface area contributed by atoms with Crippen LogP contribution in [0.3, 0.4) is 0 Å². The highest BCUT2D eigenvalue weighted by Crippen LogP contribution is 2.77. The van der Waals surface area contributed by atoms with Gasteiger partial charge in [0.25, 0.3) is 0 Å². The highest BCUT2D eigenvalue weighted by atomic mass is 32.2. The number of rotatable bonds is 4. The van der Waals surface area contributed by atoms with E-state index in [1.807, 2.05) is 13.8 Å². The molecule has 0 radical (unpaired) electrons. The predicted molar refractivity (Wildman–Crippen MR) is 149 cm³/mol. The average molecular weight is 571 g/mol. The molecule has 0 bridgehead atoms. The van der Waals surface area contributed by atoms with Gasteiger partial charge in [-0.1, -0.05) is 54.5 Å². The Morgan fingerprint density at radius 2 is 1.62 bits per heavy atom. The number of fused-ring (bicyclic) bond motifs is 7. The van der Waals surface area contributed by atoms with E-state index < -0.39 is 21.0 Å². The number of hydrogen-bond acceptors (Lipinski definition) is 3. The molecule has 0 aliphatic heterocycles. The molecule has 7 heteroatoms. The van der Waals surface area contributed by atoms with Crippen LogP contribution in [-0.2, 0) is 14.3 Å². The summed E-state index contributed by atoms with van der Waals surface area (Å²) in [7, 11) is -5.69. The first-order valence-electron chi connectivity index (χ1n) is 15.2. The lowest BCUT2D eigenvalue weighted by atomic mass is 9.32. The Hall–Kier alpha value is -0.980. The van der Waals surface area contributed by atoms with Gasteiger partial charge >= 0.3 is 15.6 Å². The topological polar surface area (TPSA) is 43.4 Å². The van der Waals surface area contributed by atoms with Crippen LogP contribution in [-0.4, -0.2) is 13.9 Å². The third kappa shape index (κ3) is 3.82. The van der Waals surface area contributed by atoms with E-state index >= 15 is 0 Å². The van der Waals surface area contributed by atoms with Crippen LogP contribution in [0.15, 0.2) is 24.5 Å². The number of alkyl halides is 3. The monoisotopic (exact) mass is 570 g/mol. The molecule has 39 heavy (non-hydrogen) atoms. The molecule has 0 spiro atoms. The SMILES string of the molecule is C=C[C@]12CC[C@@H](C(C)C)C1[C@H]1CC[C@@H]3[C@@]4(C)CC=C(OS(=O)(=O)C(F)(F)F)C(C)(C)[C@@H]4CC[C@@]3(C)[C@]1(C)CC2. The molecule has 5 aliphatic rings. The van der Waals surface area contributed by atoms with Crippen LogP contribution in [0.4, 0.5) is 13.2 Å². The molecule has 222 valence electrons. The second-order valence-corrected chi connectivity index (χ2v) is 17.1. The van der Waals surface area contributed by atoms with Crippen LogP contribution >= 0.6 is 0 Å². The summed E-state index contributed by atoms with van der Waals surface area (Å²) in [5.74, 6) is 3.16. The summed E-state index contributed by atoms with van der Waals surface area (Å²) < 4.78 is 68.3. The van der Waals surface area contributed by atoms with Crippen molar-refractivity contribution in [2.45, 2.75) is 112 Å². The van der Waals surface area contributed by atoms with Gasteiger partial charge in [-0.05, 0) is 121 Å². The van der Waals surface area contributed by atoms with Gasteiger partial charge < -0.3 is 4.18 Å². The van der Waals surface area contributed by atoms with E-state index in [1.165, 1.54) is 32.1 Å². The highest BCUT2D eigenvalue weighted by molar-refractivity contribution is 7.87. The maximum Gasteiger partial charge on any atom is 0.534 e. The molecule has 4 saturated carbocycles. The van der Waals surface area contributed by atoms with Crippen molar-refractivity contribution in [3.63, 3.8) is 0 Å². The molecule has 1 unspecified atom stereocenters. The Bertz CT molecular complexity index is 1160. The molecule has 0 aromatic rings. The van der Waals surface area contributed by atoms with Gasteiger partial charge in [0.2, 0.25) is 0 Å². The van der Waals surface area contributed by atoms with Crippen LogP contribution in [0.25, 0.3) is 0 Å². The molecule has 0 amide bonds. The van der Waals surface area contributed by atoms with Crippen LogP contribution in [0.2, 0.25) is 0 Å². The fourth-order valence-electron chi connectivity index (χ4n) is 11.7. The maximum absolute atomic E-state index is 13.2. The molecule has 0 heterocycles. The summed E-state index contributed by atoms with van der Waals surface area (Å²) in [5.41, 5.74) is -5.78. The molecule has 9 atom stereocenters. The molecule has 5 rings (SSSR count). The second kappa shape index (κ2) is 8.77. The minimum absolute atomic E-state index is 0.0371. The molecule has 5 aliphatic carbocycles. The van der Waals surface area contributed by atoms with E-state index in [9.17, 15) is 21.6 Å². The molecule has 0 aromatic carbocycles. The Balaban J connectivity index is 1.51. The van der Waals surface area contributed by atoms with Gasteiger partial charge in [0.15, 0.2) is 0 Å². The predicted octanol–water partition coefficient (Wildman–Crippen LogP) is 9.27. The first kappa shape index (κ1) is 29.5.